The number of hydrogen-bond donors (Lipinski definition) is 0. The molecule has 0 aliphatic carbocycles. The smallest absolute Gasteiger partial charge is 0.346 e. The Kier molecular flexibility index (Phi) is 6.53. The molecule has 1 amide bonds. The summed E-state index contributed by atoms with van der Waals surface area (Å²) in [7, 11) is 0. The van der Waals surface area contributed by atoms with Crippen molar-refractivity contribution in [2.24, 2.45) is 0 Å². The van der Waals surface area contributed by atoms with Crippen LogP contribution in [0.3, 0.4) is 0 Å². The average molecular weight is 487 g/mol. The molecule has 1 fully saturated rings. The Hall–Kier alpha value is -4.40. The molecule has 4 heterocycles. The van der Waals surface area contributed by atoms with Crippen molar-refractivity contribution in [3.63, 3.8) is 0 Å². The molecule has 0 unspecified atom stereocenters. The predicted molar refractivity (Wildman–Crippen MR) is 134 cm³/mol. The first-order valence-electron chi connectivity index (χ1n) is 11.9. The minimum absolute atomic E-state index is 0.0372. The summed E-state index contributed by atoms with van der Waals surface area (Å²) in [5.41, 5.74) is 2.08. The Bertz CT molecular complexity index is 1440. The summed E-state index contributed by atoms with van der Waals surface area (Å²) < 4.78 is 12.1. The van der Waals surface area contributed by atoms with Gasteiger partial charge in [-0.3, -0.25) is 14.6 Å². The molecule has 1 aromatic carbocycles. The highest BCUT2D eigenvalue weighted by molar-refractivity contribution is 6.04. The number of nitrogens with zero attached hydrogens (tertiary/aromatic N) is 4. The molecular formula is C27H26N4O5. The lowest BCUT2D eigenvalue weighted by Crippen LogP contribution is -2.49. The van der Waals surface area contributed by atoms with E-state index >= 15 is 0 Å². The molecule has 4 aromatic rings. The number of esters is 1. The maximum absolute atomic E-state index is 13.8. The fourth-order valence-electron chi connectivity index (χ4n) is 4.57. The van der Waals surface area contributed by atoms with E-state index in [1.54, 1.807) is 40.8 Å². The molecule has 0 saturated carbocycles. The molecule has 184 valence electrons. The molecule has 9 heteroatoms. The summed E-state index contributed by atoms with van der Waals surface area (Å²) in [6.45, 7) is 3.80. The third-order valence-electron chi connectivity index (χ3n) is 6.28. The standard InChI is InChI=1S/C27H26N4O5/c1-2-35-27(34)22-24(29-13-15-30(16-14-29)25(32)21-11-7-17-36-21)23-20(10-6-12-28-23)31(26(22)33)18-19-8-4-3-5-9-19/h3-12,17H,2,13-16,18H2,1H3. The number of anilines is 1. The minimum Gasteiger partial charge on any atom is -0.462 e. The zero-order valence-electron chi connectivity index (χ0n) is 19.9. The van der Waals surface area contributed by atoms with Crippen LogP contribution < -0.4 is 10.5 Å². The van der Waals surface area contributed by atoms with Crippen molar-refractivity contribution in [1.29, 1.82) is 0 Å². The molecule has 36 heavy (non-hydrogen) atoms. The number of aromatic nitrogens is 2. The second kappa shape index (κ2) is 10.1. The van der Waals surface area contributed by atoms with Crippen molar-refractivity contribution < 1.29 is 18.7 Å². The molecule has 0 bridgehead atoms. The van der Waals surface area contributed by atoms with Crippen molar-refractivity contribution >= 4 is 28.6 Å². The molecule has 0 atom stereocenters. The lowest BCUT2D eigenvalue weighted by Gasteiger charge is -2.36. The number of carbonyl (C=O) groups excluding carboxylic acids is 2. The minimum atomic E-state index is -0.680. The highest BCUT2D eigenvalue weighted by Crippen LogP contribution is 2.29. The van der Waals surface area contributed by atoms with Gasteiger partial charge in [-0.15, -0.1) is 0 Å². The maximum atomic E-state index is 13.8. The topological polar surface area (TPSA) is 97.9 Å². The van der Waals surface area contributed by atoms with Crippen LogP contribution in [0, 0.1) is 0 Å². The molecular weight excluding hydrogens is 460 g/mol. The van der Waals surface area contributed by atoms with Gasteiger partial charge in [-0.1, -0.05) is 30.3 Å². The van der Waals surface area contributed by atoms with Crippen LogP contribution in [0.15, 0.2) is 76.3 Å². The van der Waals surface area contributed by atoms with Gasteiger partial charge in [-0.25, -0.2) is 4.79 Å². The van der Waals surface area contributed by atoms with E-state index in [0.717, 1.165) is 5.56 Å². The summed E-state index contributed by atoms with van der Waals surface area (Å²) in [5.74, 6) is -0.584. The van der Waals surface area contributed by atoms with Crippen molar-refractivity contribution in [1.82, 2.24) is 14.5 Å². The van der Waals surface area contributed by atoms with Gasteiger partial charge in [0.1, 0.15) is 5.52 Å². The number of furan rings is 1. The van der Waals surface area contributed by atoms with Gasteiger partial charge in [-0.2, -0.15) is 0 Å². The van der Waals surface area contributed by atoms with Crippen LogP contribution in [0.4, 0.5) is 5.69 Å². The number of carbonyl (C=O) groups is 2. The number of ether oxygens (including phenoxy) is 1. The van der Waals surface area contributed by atoms with E-state index < -0.39 is 11.5 Å². The van der Waals surface area contributed by atoms with E-state index in [1.807, 2.05) is 41.3 Å². The molecule has 3 aromatic heterocycles. The van der Waals surface area contributed by atoms with Crippen molar-refractivity contribution in [2.75, 3.05) is 37.7 Å². The Morgan fingerprint density at radius 2 is 1.78 bits per heavy atom. The van der Waals surface area contributed by atoms with Gasteiger partial charge in [0, 0.05) is 32.4 Å². The number of fused-ring (bicyclic) bond motifs is 1. The Labute approximate surface area is 207 Å². The van der Waals surface area contributed by atoms with Gasteiger partial charge >= 0.3 is 5.97 Å². The maximum Gasteiger partial charge on any atom is 0.346 e. The van der Waals surface area contributed by atoms with Gasteiger partial charge in [0.25, 0.3) is 11.5 Å². The van der Waals surface area contributed by atoms with Crippen LogP contribution >= 0.6 is 0 Å². The molecule has 1 saturated heterocycles. The summed E-state index contributed by atoms with van der Waals surface area (Å²) in [4.78, 5) is 47.9. The monoisotopic (exact) mass is 486 g/mol. The number of pyridine rings is 2. The van der Waals surface area contributed by atoms with Gasteiger partial charge in [-0.05, 0) is 36.8 Å². The molecule has 5 rings (SSSR count). The van der Waals surface area contributed by atoms with Gasteiger partial charge in [0.15, 0.2) is 11.3 Å². The zero-order valence-corrected chi connectivity index (χ0v) is 19.9. The first-order chi connectivity index (χ1) is 17.6. The fourth-order valence-corrected chi connectivity index (χ4v) is 4.57. The normalized spacial score (nSPS) is 13.7. The lowest BCUT2D eigenvalue weighted by atomic mass is 10.1. The number of benzene rings is 1. The summed E-state index contributed by atoms with van der Waals surface area (Å²) in [5, 5.41) is 0. The highest BCUT2D eigenvalue weighted by atomic mass is 16.5. The summed E-state index contributed by atoms with van der Waals surface area (Å²) >= 11 is 0. The fraction of sp³-hybridized carbons (Fsp3) is 0.259. The third-order valence-corrected chi connectivity index (χ3v) is 6.28. The molecule has 1 aliphatic heterocycles. The van der Waals surface area contributed by atoms with Gasteiger partial charge in [0.2, 0.25) is 0 Å². The van der Waals surface area contributed by atoms with Gasteiger partial charge in [0.05, 0.1) is 30.6 Å². The van der Waals surface area contributed by atoms with Crippen LogP contribution in [-0.2, 0) is 11.3 Å². The van der Waals surface area contributed by atoms with Crippen LogP contribution in [0.2, 0.25) is 0 Å². The molecule has 0 radical (unpaired) electrons. The van der Waals surface area contributed by atoms with E-state index in [9.17, 15) is 14.4 Å². The summed E-state index contributed by atoms with van der Waals surface area (Å²) in [6, 6.07) is 16.5. The zero-order chi connectivity index (χ0) is 25.1. The Morgan fingerprint density at radius 1 is 1.00 bits per heavy atom. The number of rotatable bonds is 6. The molecule has 0 spiro atoms. The van der Waals surface area contributed by atoms with Gasteiger partial charge < -0.3 is 23.5 Å². The quantitative estimate of drug-likeness (QED) is 0.386. The number of hydrogen-bond acceptors (Lipinski definition) is 7. The van der Waals surface area contributed by atoms with E-state index in [0.29, 0.717) is 49.4 Å². The second-order valence-corrected chi connectivity index (χ2v) is 8.45. The van der Waals surface area contributed by atoms with E-state index in [4.69, 9.17) is 9.15 Å². The van der Waals surface area contributed by atoms with E-state index in [1.165, 1.54) is 6.26 Å². The molecule has 1 aliphatic rings. The average Bonchev–Trinajstić information content (AvgIpc) is 3.45. The number of piperazine rings is 1. The summed E-state index contributed by atoms with van der Waals surface area (Å²) in [6.07, 6.45) is 3.12. The van der Waals surface area contributed by atoms with Crippen molar-refractivity contribution in [2.45, 2.75) is 13.5 Å². The van der Waals surface area contributed by atoms with Crippen LogP contribution in [0.1, 0.15) is 33.4 Å². The van der Waals surface area contributed by atoms with Crippen LogP contribution in [0.5, 0.6) is 0 Å². The molecule has 0 N–H and O–H groups in total. The van der Waals surface area contributed by atoms with Crippen LogP contribution in [0.25, 0.3) is 11.0 Å². The van der Waals surface area contributed by atoms with Crippen molar-refractivity contribution in [3.8, 4) is 0 Å². The molecule has 9 nitrogen and oxygen atoms in total. The Morgan fingerprint density at radius 3 is 2.47 bits per heavy atom. The number of amides is 1. The largest absolute Gasteiger partial charge is 0.462 e. The van der Waals surface area contributed by atoms with E-state index in [-0.39, 0.29) is 23.8 Å². The second-order valence-electron chi connectivity index (χ2n) is 8.45. The highest BCUT2D eigenvalue weighted by Gasteiger charge is 2.31. The third kappa shape index (κ3) is 4.35. The lowest BCUT2D eigenvalue weighted by molar-refractivity contribution is 0.0523. The predicted octanol–water partition coefficient (Wildman–Crippen LogP) is 3.18. The SMILES string of the molecule is CCOC(=O)c1c(N2CCN(C(=O)c3ccco3)CC2)c2ncccc2n(Cc2ccccc2)c1=O. The van der Waals surface area contributed by atoms with E-state index in [2.05, 4.69) is 4.98 Å². The first-order valence-corrected chi connectivity index (χ1v) is 11.9. The first kappa shape index (κ1) is 23.3. The van der Waals surface area contributed by atoms with Crippen LogP contribution in [-0.4, -0.2) is 59.1 Å². The Balaban J connectivity index is 1.57. The van der Waals surface area contributed by atoms with Crippen molar-refractivity contribution in [3.05, 3.63) is 94.3 Å².